The lowest BCUT2D eigenvalue weighted by atomic mass is 9.94. The zero-order valence-corrected chi connectivity index (χ0v) is 9.67. The van der Waals surface area contributed by atoms with Crippen molar-refractivity contribution in [1.82, 2.24) is 5.32 Å². The van der Waals surface area contributed by atoms with Crippen molar-refractivity contribution in [2.45, 2.75) is 38.1 Å². The van der Waals surface area contributed by atoms with Crippen LogP contribution in [-0.2, 0) is 6.54 Å². The van der Waals surface area contributed by atoms with Gasteiger partial charge in [0.2, 0.25) is 0 Å². The van der Waals surface area contributed by atoms with E-state index < -0.39 is 0 Å². The molecule has 1 saturated carbocycles. The van der Waals surface area contributed by atoms with E-state index in [2.05, 4.69) is 23.5 Å². The molecule has 0 saturated heterocycles. The van der Waals surface area contributed by atoms with Crippen LogP contribution in [0.15, 0.2) is 18.2 Å². The quantitative estimate of drug-likeness (QED) is 0.781. The van der Waals surface area contributed by atoms with E-state index in [-0.39, 0.29) is 0 Å². The predicted octanol–water partition coefficient (Wildman–Crippen LogP) is 2.83. The van der Waals surface area contributed by atoms with Crippen molar-refractivity contribution in [3.8, 4) is 5.75 Å². The Morgan fingerprint density at radius 3 is 2.94 bits per heavy atom. The first-order valence-electron chi connectivity index (χ1n) is 6.40. The van der Waals surface area contributed by atoms with Crippen LogP contribution in [0.5, 0.6) is 5.75 Å². The highest BCUT2D eigenvalue weighted by Crippen LogP contribution is 2.40. The van der Waals surface area contributed by atoms with Crippen molar-refractivity contribution in [2.24, 2.45) is 0 Å². The first-order valence-corrected chi connectivity index (χ1v) is 6.40. The molecule has 16 heavy (non-hydrogen) atoms. The molecule has 0 unspecified atom stereocenters. The molecule has 0 amide bonds. The van der Waals surface area contributed by atoms with Gasteiger partial charge in [0.15, 0.2) is 0 Å². The lowest BCUT2D eigenvalue weighted by Crippen LogP contribution is -2.16. The molecule has 0 atom stereocenters. The minimum Gasteiger partial charge on any atom is -0.492 e. The molecule has 1 heterocycles. The number of para-hydroxylation sites is 1. The molecule has 1 aliphatic carbocycles. The Hall–Kier alpha value is -1.02. The van der Waals surface area contributed by atoms with Gasteiger partial charge in [-0.3, -0.25) is 0 Å². The van der Waals surface area contributed by atoms with Gasteiger partial charge in [-0.15, -0.1) is 0 Å². The molecule has 3 rings (SSSR count). The van der Waals surface area contributed by atoms with E-state index in [1.54, 1.807) is 0 Å². The van der Waals surface area contributed by atoms with Crippen LogP contribution >= 0.6 is 0 Å². The Labute approximate surface area is 97.0 Å². The third-order valence-electron chi connectivity index (χ3n) is 3.76. The first-order chi connectivity index (χ1) is 7.95. The molecule has 0 bridgehead atoms. The minimum atomic E-state index is 0.744. The standard InChI is InChI=1S/C14H19NO/c1-2-5-11(4-1)13-7-3-6-12-10-15-8-9-16-14(12)13/h3,6-7,11,15H,1-2,4-5,8-10H2. The molecule has 1 aliphatic heterocycles. The third-order valence-corrected chi connectivity index (χ3v) is 3.76. The summed E-state index contributed by atoms with van der Waals surface area (Å²) in [7, 11) is 0. The molecule has 0 spiro atoms. The van der Waals surface area contributed by atoms with Crippen LogP contribution in [0.4, 0.5) is 0 Å². The fourth-order valence-electron chi connectivity index (χ4n) is 2.93. The maximum atomic E-state index is 5.93. The Bertz CT molecular complexity index is 369. The highest BCUT2D eigenvalue weighted by molar-refractivity contribution is 5.44. The van der Waals surface area contributed by atoms with E-state index in [1.165, 1.54) is 42.6 Å². The van der Waals surface area contributed by atoms with Gasteiger partial charge in [-0.1, -0.05) is 31.0 Å². The van der Waals surface area contributed by atoms with Crippen LogP contribution in [0, 0.1) is 0 Å². The first kappa shape index (κ1) is 10.2. The fraction of sp³-hybridized carbons (Fsp3) is 0.571. The molecule has 86 valence electrons. The monoisotopic (exact) mass is 217 g/mol. The topological polar surface area (TPSA) is 21.3 Å². The van der Waals surface area contributed by atoms with Gasteiger partial charge in [0, 0.05) is 18.7 Å². The van der Waals surface area contributed by atoms with Crippen molar-refractivity contribution in [3.05, 3.63) is 29.3 Å². The van der Waals surface area contributed by atoms with Crippen LogP contribution in [0.25, 0.3) is 0 Å². The molecule has 1 aromatic rings. The summed E-state index contributed by atoms with van der Waals surface area (Å²) >= 11 is 0. The summed E-state index contributed by atoms with van der Waals surface area (Å²) < 4.78 is 5.93. The second-order valence-electron chi connectivity index (χ2n) is 4.84. The minimum absolute atomic E-state index is 0.744. The van der Waals surface area contributed by atoms with Crippen molar-refractivity contribution < 1.29 is 4.74 Å². The van der Waals surface area contributed by atoms with Crippen molar-refractivity contribution in [2.75, 3.05) is 13.2 Å². The van der Waals surface area contributed by atoms with Gasteiger partial charge in [-0.2, -0.15) is 0 Å². The summed E-state index contributed by atoms with van der Waals surface area (Å²) in [4.78, 5) is 0. The van der Waals surface area contributed by atoms with E-state index in [0.717, 1.165) is 25.6 Å². The lowest BCUT2D eigenvalue weighted by molar-refractivity contribution is 0.320. The van der Waals surface area contributed by atoms with Gasteiger partial charge in [0.05, 0.1) is 0 Å². The molecule has 0 aromatic heterocycles. The second kappa shape index (κ2) is 4.46. The van der Waals surface area contributed by atoms with Gasteiger partial charge in [-0.05, 0) is 24.3 Å². The average Bonchev–Trinajstić information content (AvgIpc) is 2.73. The van der Waals surface area contributed by atoms with Crippen molar-refractivity contribution in [3.63, 3.8) is 0 Å². The number of hydrogen-bond donors (Lipinski definition) is 1. The molecular formula is C14H19NO. The van der Waals surface area contributed by atoms with Crippen LogP contribution in [0.3, 0.4) is 0 Å². The van der Waals surface area contributed by atoms with Gasteiger partial charge in [0.25, 0.3) is 0 Å². The molecular weight excluding hydrogens is 198 g/mol. The third kappa shape index (κ3) is 1.82. The average molecular weight is 217 g/mol. The van der Waals surface area contributed by atoms with Crippen LogP contribution in [-0.4, -0.2) is 13.2 Å². The summed E-state index contributed by atoms with van der Waals surface area (Å²) in [6.45, 7) is 2.71. The molecule has 2 heteroatoms. The smallest absolute Gasteiger partial charge is 0.127 e. The summed E-state index contributed by atoms with van der Waals surface area (Å²) in [5.74, 6) is 1.92. The SMILES string of the molecule is c1cc2c(c(C3CCCC3)c1)OCCNC2. The predicted molar refractivity (Wildman–Crippen MR) is 64.9 cm³/mol. The molecule has 1 fully saturated rings. The lowest BCUT2D eigenvalue weighted by Gasteiger charge is -2.17. The van der Waals surface area contributed by atoms with E-state index in [0.29, 0.717) is 0 Å². The Kier molecular flexibility index (Phi) is 2.83. The zero-order chi connectivity index (χ0) is 10.8. The molecule has 0 radical (unpaired) electrons. The summed E-state index contributed by atoms with van der Waals surface area (Å²) in [5.41, 5.74) is 2.79. The highest BCUT2D eigenvalue weighted by atomic mass is 16.5. The van der Waals surface area contributed by atoms with E-state index >= 15 is 0 Å². The van der Waals surface area contributed by atoms with Gasteiger partial charge < -0.3 is 10.1 Å². The maximum Gasteiger partial charge on any atom is 0.127 e. The Morgan fingerprint density at radius 1 is 1.19 bits per heavy atom. The van der Waals surface area contributed by atoms with E-state index in [9.17, 15) is 0 Å². The van der Waals surface area contributed by atoms with Crippen molar-refractivity contribution >= 4 is 0 Å². The summed E-state index contributed by atoms with van der Waals surface area (Å²) in [5, 5.41) is 3.40. The molecule has 1 N–H and O–H groups in total. The zero-order valence-electron chi connectivity index (χ0n) is 9.67. The largest absolute Gasteiger partial charge is 0.492 e. The second-order valence-corrected chi connectivity index (χ2v) is 4.84. The number of ether oxygens (including phenoxy) is 1. The van der Waals surface area contributed by atoms with Gasteiger partial charge >= 0.3 is 0 Å². The summed E-state index contributed by atoms with van der Waals surface area (Å²) in [6.07, 6.45) is 5.44. The maximum absolute atomic E-state index is 5.93. The van der Waals surface area contributed by atoms with E-state index in [4.69, 9.17) is 4.74 Å². The Morgan fingerprint density at radius 2 is 2.06 bits per heavy atom. The summed E-state index contributed by atoms with van der Waals surface area (Å²) in [6, 6.07) is 6.63. The fourth-order valence-corrected chi connectivity index (χ4v) is 2.93. The van der Waals surface area contributed by atoms with Crippen molar-refractivity contribution in [1.29, 1.82) is 0 Å². The van der Waals surface area contributed by atoms with Gasteiger partial charge in [0.1, 0.15) is 12.4 Å². The highest BCUT2D eigenvalue weighted by Gasteiger charge is 2.22. The van der Waals surface area contributed by atoms with Crippen LogP contribution < -0.4 is 10.1 Å². The number of rotatable bonds is 1. The Balaban J connectivity index is 1.97. The molecule has 1 aromatic carbocycles. The molecule has 2 nitrogen and oxygen atoms in total. The van der Waals surface area contributed by atoms with Crippen LogP contribution in [0.2, 0.25) is 0 Å². The number of benzene rings is 1. The number of hydrogen-bond acceptors (Lipinski definition) is 2. The van der Waals surface area contributed by atoms with E-state index in [1.807, 2.05) is 0 Å². The normalized spacial score (nSPS) is 21.2. The molecule has 2 aliphatic rings. The number of nitrogens with one attached hydrogen (secondary N) is 1. The van der Waals surface area contributed by atoms with Crippen LogP contribution in [0.1, 0.15) is 42.7 Å². The van der Waals surface area contributed by atoms with Gasteiger partial charge in [-0.25, -0.2) is 0 Å². The number of fused-ring (bicyclic) bond motifs is 1.